The van der Waals surface area contributed by atoms with Crippen LogP contribution in [-0.2, 0) is 0 Å². The molecule has 0 radical (unpaired) electrons. The van der Waals surface area contributed by atoms with E-state index in [2.05, 4.69) is 5.32 Å². The molecule has 0 aliphatic carbocycles. The van der Waals surface area contributed by atoms with Crippen molar-refractivity contribution in [2.75, 3.05) is 6.54 Å². The lowest BCUT2D eigenvalue weighted by Gasteiger charge is -2.04. The Morgan fingerprint density at radius 1 is 1.60 bits per heavy atom. The van der Waals surface area contributed by atoms with Gasteiger partial charge in [0.25, 0.3) is 0 Å². The lowest BCUT2D eigenvalue weighted by atomic mass is 10.3. The monoisotopic (exact) mass is 140 g/mol. The number of hydrogen-bond acceptors (Lipinski definition) is 2. The second-order valence-corrected chi connectivity index (χ2v) is 2.13. The highest BCUT2D eigenvalue weighted by molar-refractivity contribution is 5.19. The SMILES string of the molecule is C/C=C\C(C)=C(/N)NCC. The lowest BCUT2D eigenvalue weighted by Crippen LogP contribution is -2.20. The summed E-state index contributed by atoms with van der Waals surface area (Å²) in [6.07, 6.45) is 3.96. The number of rotatable bonds is 3. The van der Waals surface area contributed by atoms with Crippen molar-refractivity contribution in [1.82, 2.24) is 5.32 Å². The molecule has 0 saturated heterocycles. The zero-order valence-electron chi connectivity index (χ0n) is 6.94. The van der Waals surface area contributed by atoms with E-state index in [1.807, 2.05) is 32.9 Å². The van der Waals surface area contributed by atoms with Crippen LogP contribution in [-0.4, -0.2) is 6.54 Å². The fourth-order valence-electron chi connectivity index (χ4n) is 0.670. The minimum Gasteiger partial charge on any atom is -0.385 e. The molecule has 0 amide bonds. The van der Waals surface area contributed by atoms with Gasteiger partial charge in [-0.2, -0.15) is 0 Å². The van der Waals surface area contributed by atoms with Crippen molar-refractivity contribution in [3.63, 3.8) is 0 Å². The van der Waals surface area contributed by atoms with Crippen molar-refractivity contribution in [3.8, 4) is 0 Å². The van der Waals surface area contributed by atoms with E-state index in [9.17, 15) is 0 Å². The first-order valence-electron chi connectivity index (χ1n) is 3.55. The molecule has 0 aliphatic heterocycles. The van der Waals surface area contributed by atoms with Crippen LogP contribution in [0.15, 0.2) is 23.5 Å². The van der Waals surface area contributed by atoms with E-state index in [0.717, 1.165) is 17.9 Å². The summed E-state index contributed by atoms with van der Waals surface area (Å²) in [4.78, 5) is 0. The van der Waals surface area contributed by atoms with Crippen LogP contribution in [0, 0.1) is 0 Å². The van der Waals surface area contributed by atoms with E-state index in [1.54, 1.807) is 0 Å². The Kier molecular flexibility index (Phi) is 4.46. The van der Waals surface area contributed by atoms with Gasteiger partial charge in [-0.05, 0) is 26.3 Å². The van der Waals surface area contributed by atoms with Crippen LogP contribution in [0.5, 0.6) is 0 Å². The minimum atomic E-state index is 0.764. The van der Waals surface area contributed by atoms with Gasteiger partial charge in [0.2, 0.25) is 0 Å². The van der Waals surface area contributed by atoms with Crippen molar-refractivity contribution in [2.45, 2.75) is 20.8 Å². The van der Waals surface area contributed by atoms with Crippen LogP contribution in [0.1, 0.15) is 20.8 Å². The smallest absolute Gasteiger partial charge is 0.0989 e. The Morgan fingerprint density at radius 3 is 2.60 bits per heavy atom. The first kappa shape index (κ1) is 9.08. The highest BCUT2D eigenvalue weighted by Crippen LogP contribution is 1.95. The molecule has 0 spiro atoms. The summed E-state index contributed by atoms with van der Waals surface area (Å²) in [6, 6.07) is 0. The topological polar surface area (TPSA) is 38.0 Å². The first-order chi connectivity index (χ1) is 4.72. The van der Waals surface area contributed by atoms with Crippen LogP contribution >= 0.6 is 0 Å². The van der Waals surface area contributed by atoms with Crippen LogP contribution < -0.4 is 11.1 Å². The number of allylic oxidation sites excluding steroid dienone is 3. The van der Waals surface area contributed by atoms with Crippen LogP contribution in [0.3, 0.4) is 0 Å². The average molecular weight is 140 g/mol. The largest absolute Gasteiger partial charge is 0.385 e. The Morgan fingerprint density at radius 2 is 2.20 bits per heavy atom. The van der Waals surface area contributed by atoms with Gasteiger partial charge in [0.1, 0.15) is 0 Å². The molecule has 0 aliphatic rings. The molecule has 2 heteroatoms. The van der Waals surface area contributed by atoms with E-state index in [1.165, 1.54) is 0 Å². The standard InChI is InChI=1S/C8H16N2/c1-4-6-7(3)8(9)10-5-2/h4,6,10H,5,9H2,1-3H3/b6-4-,8-7+. The van der Waals surface area contributed by atoms with Gasteiger partial charge < -0.3 is 11.1 Å². The Bertz CT molecular complexity index is 145. The Hall–Kier alpha value is -0.920. The molecular weight excluding hydrogens is 124 g/mol. The highest BCUT2D eigenvalue weighted by atomic mass is 15.0. The molecule has 0 atom stereocenters. The van der Waals surface area contributed by atoms with E-state index in [0.29, 0.717) is 0 Å². The molecule has 0 bridgehead atoms. The predicted molar refractivity (Wildman–Crippen MR) is 45.4 cm³/mol. The van der Waals surface area contributed by atoms with Gasteiger partial charge in [-0.25, -0.2) is 0 Å². The molecule has 3 N–H and O–H groups in total. The molecular formula is C8H16N2. The predicted octanol–water partition coefficient (Wildman–Crippen LogP) is 1.36. The molecule has 0 saturated carbocycles. The second-order valence-electron chi connectivity index (χ2n) is 2.13. The molecule has 58 valence electrons. The van der Waals surface area contributed by atoms with Gasteiger partial charge in [-0.15, -0.1) is 0 Å². The van der Waals surface area contributed by atoms with Crippen molar-refractivity contribution in [2.24, 2.45) is 5.73 Å². The third-order valence-electron chi connectivity index (χ3n) is 1.21. The fraction of sp³-hybridized carbons (Fsp3) is 0.500. The fourth-order valence-corrected chi connectivity index (χ4v) is 0.670. The van der Waals surface area contributed by atoms with Gasteiger partial charge in [-0.1, -0.05) is 12.2 Å². The summed E-state index contributed by atoms with van der Waals surface area (Å²) < 4.78 is 0. The second kappa shape index (κ2) is 4.91. The van der Waals surface area contributed by atoms with Crippen molar-refractivity contribution < 1.29 is 0 Å². The zero-order valence-corrected chi connectivity index (χ0v) is 6.94. The molecule has 0 unspecified atom stereocenters. The lowest BCUT2D eigenvalue weighted by molar-refractivity contribution is 0.829. The van der Waals surface area contributed by atoms with Gasteiger partial charge >= 0.3 is 0 Å². The zero-order chi connectivity index (χ0) is 7.98. The summed E-state index contributed by atoms with van der Waals surface area (Å²) in [7, 11) is 0. The summed E-state index contributed by atoms with van der Waals surface area (Å²) in [5.41, 5.74) is 6.72. The van der Waals surface area contributed by atoms with Gasteiger partial charge in [0, 0.05) is 6.54 Å². The van der Waals surface area contributed by atoms with Gasteiger partial charge in [0.15, 0.2) is 0 Å². The summed E-state index contributed by atoms with van der Waals surface area (Å²) in [5, 5.41) is 3.04. The Labute approximate surface area is 62.8 Å². The maximum Gasteiger partial charge on any atom is 0.0989 e. The van der Waals surface area contributed by atoms with E-state index >= 15 is 0 Å². The molecule has 0 heterocycles. The number of nitrogens with two attached hydrogens (primary N) is 1. The van der Waals surface area contributed by atoms with Gasteiger partial charge in [0.05, 0.1) is 5.82 Å². The minimum absolute atomic E-state index is 0.764. The van der Waals surface area contributed by atoms with E-state index < -0.39 is 0 Å². The maximum atomic E-state index is 5.63. The summed E-state index contributed by atoms with van der Waals surface area (Å²) >= 11 is 0. The molecule has 0 aromatic carbocycles. The number of nitrogens with one attached hydrogen (secondary N) is 1. The summed E-state index contributed by atoms with van der Waals surface area (Å²) in [5.74, 6) is 0.764. The van der Waals surface area contributed by atoms with Crippen LogP contribution in [0.2, 0.25) is 0 Å². The average Bonchev–Trinajstić information content (AvgIpc) is 1.89. The van der Waals surface area contributed by atoms with Gasteiger partial charge in [-0.3, -0.25) is 0 Å². The molecule has 0 rings (SSSR count). The molecule has 10 heavy (non-hydrogen) atoms. The molecule has 2 nitrogen and oxygen atoms in total. The van der Waals surface area contributed by atoms with E-state index in [4.69, 9.17) is 5.73 Å². The molecule has 0 aromatic rings. The third-order valence-corrected chi connectivity index (χ3v) is 1.21. The molecule has 0 fully saturated rings. The first-order valence-corrected chi connectivity index (χ1v) is 3.55. The quantitative estimate of drug-likeness (QED) is 0.581. The van der Waals surface area contributed by atoms with Crippen molar-refractivity contribution in [3.05, 3.63) is 23.5 Å². The van der Waals surface area contributed by atoms with E-state index in [-0.39, 0.29) is 0 Å². The van der Waals surface area contributed by atoms with Crippen molar-refractivity contribution in [1.29, 1.82) is 0 Å². The third kappa shape index (κ3) is 3.17. The maximum absolute atomic E-state index is 5.63. The normalized spacial score (nSPS) is 13.5. The van der Waals surface area contributed by atoms with Crippen molar-refractivity contribution >= 4 is 0 Å². The van der Waals surface area contributed by atoms with Crippen LogP contribution in [0.25, 0.3) is 0 Å². The molecule has 0 aromatic heterocycles. The summed E-state index contributed by atoms with van der Waals surface area (Å²) in [6.45, 7) is 6.86. The highest BCUT2D eigenvalue weighted by Gasteiger charge is 1.88. The van der Waals surface area contributed by atoms with Crippen LogP contribution in [0.4, 0.5) is 0 Å². The number of hydrogen-bond donors (Lipinski definition) is 2. The Balaban J connectivity index is 4.04.